The van der Waals surface area contributed by atoms with Crippen LogP contribution in [0.1, 0.15) is 0 Å². The molecule has 1 saturated heterocycles. The summed E-state index contributed by atoms with van der Waals surface area (Å²) in [5, 5.41) is 0. The Kier molecular flexibility index (Phi) is 2.29. The molecule has 83 valence electrons. The molecule has 2 heterocycles. The van der Waals surface area contributed by atoms with Gasteiger partial charge in [-0.15, -0.1) is 0 Å². The van der Waals surface area contributed by atoms with Gasteiger partial charge in [-0.2, -0.15) is 4.98 Å². The third-order valence-electron chi connectivity index (χ3n) is 2.99. The summed E-state index contributed by atoms with van der Waals surface area (Å²) in [5.41, 5.74) is 1.73. The number of fused-ring (bicyclic) bond motifs is 1. The maximum absolute atomic E-state index is 5.72. The standard InChI is InChI=1S/C12H14N3O/c1-14-6-8-15(9-7-14)12-13-10-4-2-3-5-11(10)16-12/h3-5H,6-9H2,1H3. The first kappa shape index (κ1) is 9.66. The van der Waals surface area contributed by atoms with Gasteiger partial charge in [-0.05, 0) is 25.2 Å². The Balaban J connectivity index is 1.88. The molecule has 0 atom stereocenters. The topological polar surface area (TPSA) is 32.5 Å². The van der Waals surface area contributed by atoms with Gasteiger partial charge < -0.3 is 14.2 Å². The Labute approximate surface area is 94.5 Å². The van der Waals surface area contributed by atoms with Crippen LogP contribution in [0.5, 0.6) is 0 Å². The molecule has 2 aromatic rings. The zero-order valence-corrected chi connectivity index (χ0v) is 9.31. The minimum absolute atomic E-state index is 0.739. The van der Waals surface area contributed by atoms with Crippen molar-refractivity contribution in [1.82, 2.24) is 9.88 Å². The lowest BCUT2D eigenvalue weighted by Gasteiger charge is -2.31. The number of piperazine rings is 1. The zero-order chi connectivity index (χ0) is 11.0. The van der Waals surface area contributed by atoms with Gasteiger partial charge in [-0.3, -0.25) is 0 Å². The third-order valence-corrected chi connectivity index (χ3v) is 2.99. The number of aromatic nitrogens is 1. The molecule has 0 aliphatic carbocycles. The van der Waals surface area contributed by atoms with E-state index in [0.717, 1.165) is 43.3 Å². The fraction of sp³-hybridized carbons (Fsp3) is 0.417. The largest absolute Gasteiger partial charge is 0.423 e. The SMILES string of the molecule is CN1CCN(c2nc3c[c]ccc3o2)CC1. The molecule has 1 aliphatic heterocycles. The Morgan fingerprint density at radius 2 is 2.12 bits per heavy atom. The van der Waals surface area contributed by atoms with Gasteiger partial charge in [-0.25, -0.2) is 0 Å². The van der Waals surface area contributed by atoms with Crippen LogP contribution < -0.4 is 4.90 Å². The highest BCUT2D eigenvalue weighted by molar-refractivity contribution is 5.74. The van der Waals surface area contributed by atoms with Gasteiger partial charge in [-0.1, -0.05) is 6.07 Å². The number of oxazole rings is 1. The van der Waals surface area contributed by atoms with E-state index >= 15 is 0 Å². The number of anilines is 1. The van der Waals surface area contributed by atoms with Gasteiger partial charge in [0.25, 0.3) is 6.01 Å². The minimum Gasteiger partial charge on any atom is -0.423 e. The van der Waals surface area contributed by atoms with Gasteiger partial charge in [0.2, 0.25) is 0 Å². The lowest BCUT2D eigenvalue weighted by atomic mass is 10.3. The van der Waals surface area contributed by atoms with E-state index in [1.807, 2.05) is 18.2 Å². The van der Waals surface area contributed by atoms with Crippen LogP contribution in [0.3, 0.4) is 0 Å². The lowest BCUT2D eigenvalue weighted by molar-refractivity contribution is 0.305. The predicted molar refractivity (Wildman–Crippen MR) is 62.6 cm³/mol. The molecule has 0 N–H and O–H groups in total. The molecule has 1 aromatic heterocycles. The molecule has 3 rings (SSSR count). The van der Waals surface area contributed by atoms with Crippen LogP contribution in [-0.2, 0) is 0 Å². The number of nitrogens with zero attached hydrogens (tertiary/aromatic N) is 3. The monoisotopic (exact) mass is 216 g/mol. The van der Waals surface area contributed by atoms with Crippen molar-refractivity contribution >= 4 is 17.1 Å². The first-order valence-electron chi connectivity index (χ1n) is 5.53. The summed E-state index contributed by atoms with van der Waals surface area (Å²) in [4.78, 5) is 8.98. The van der Waals surface area contributed by atoms with Crippen molar-refractivity contribution in [2.24, 2.45) is 0 Å². The maximum Gasteiger partial charge on any atom is 0.298 e. The smallest absolute Gasteiger partial charge is 0.298 e. The number of benzene rings is 1. The molecule has 0 unspecified atom stereocenters. The quantitative estimate of drug-likeness (QED) is 0.721. The summed E-state index contributed by atoms with van der Waals surface area (Å²) >= 11 is 0. The molecule has 1 radical (unpaired) electrons. The molecule has 0 amide bonds. The van der Waals surface area contributed by atoms with Gasteiger partial charge in [0, 0.05) is 26.2 Å². The fourth-order valence-corrected chi connectivity index (χ4v) is 1.94. The highest BCUT2D eigenvalue weighted by atomic mass is 16.4. The normalized spacial score (nSPS) is 18.2. The molecular weight excluding hydrogens is 202 g/mol. The summed E-state index contributed by atoms with van der Waals surface area (Å²) in [5.74, 6) is 0. The molecule has 4 nitrogen and oxygen atoms in total. The van der Waals surface area contributed by atoms with Crippen LogP contribution >= 0.6 is 0 Å². The fourth-order valence-electron chi connectivity index (χ4n) is 1.94. The van der Waals surface area contributed by atoms with Crippen molar-refractivity contribution in [3.8, 4) is 0 Å². The molecule has 1 aliphatic rings. The number of hydrogen-bond acceptors (Lipinski definition) is 4. The van der Waals surface area contributed by atoms with Crippen molar-refractivity contribution in [3.05, 3.63) is 24.3 Å². The van der Waals surface area contributed by atoms with Crippen molar-refractivity contribution < 1.29 is 4.42 Å². The van der Waals surface area contributed by atoms with E-state index in [2.05, 4.69) is 27.9 Å². The van der Waals surface area contributed by atoms with E-state index in [9.17, 15) is 0 Å². The van der Waals surface area contributed by atoms with Crippen molar-refractivity contribution in [3.63, 3.8) is 0 Å². The zero-order valence-electron chi connectivity index (χ0n) is 9.31. The van der Waals surface area contributed by atoms with Crippen LogP contribution in [0.4, 0.5) is 6.01 Å². The van der Waals surface area contributed by atoms with E-state index in [0.29, 0.717) is 0 Å². The molecule has 0 spiro atoms. The van der Waals surface area contributed by atoms with E-state index in [4.69, 9.17) is 4.42 Å². The molecule has 1 aromatic carbocycles. The van der Waals surface area contributed by atoms with Gasteiger partial charge >= 0.3 is 0 Å². The summed E-state index contributed by atoms with van der Waals surface area (Å²) in [6.45, 7) is 4.08. The van der Waals surface area contributed by atoms with Crippen LogP contribution in [-0.4, -0.2) is 43.1 Å². The molecule has 1 fully saturated rings. The summed E-state index contributed by atoms with van der Waals surface area (Å²) in [6, 6.07) is 9.36. The second-order valence-electron chi connectivity index (χ2n) is 4.18. The average molecular weight is 216 g/mol. The summed E-state index contributed by atoms with van der Waals surface area (Å²) in [7, 11) is 2.14. The van der Waals surface area contributed by atoms with Crippen molar-refractivity contribution in [2.75, 3.05) is 38.1 Å². The molecule has 16 heavy (non-hydrogen) atoms. The van der Waals surface area contributed by atoms with Gasteiger partial charge in [0.1, 0.15) is 5.52 Å². The second-order valence-corrected chi connectivity index (χ2v) is 4.18. The highest BCUT2D eigenvalue weighted by Crippen LogP contribution is 2.21. The van der Waals surface area contributed by atoms with Gasteiger partial charge in [0.05, 0.1) is 0 Å². The van der Waals surface area contributed by atoms with E-state index in [1.165, 1.54) is 0 Å². The molecule has 0 saturated carbocycles. The predicted octanol–water partition coefficient (Wildman–Crippen LogP) is 1.38. The second kappa shape index (κ2) is 3.79. The van der Waals surface area contributed by atoms with E-state index in [1.54, 1.807) is 0 Å². The van der Waals surface area contributed by atoms with Crippen LogP contribution in [0.25, 0.3) is 11.1 Å². The number of likely N-dealkylation sites (N-methyl/N-ethyl adjacent to an activating group) is 1. The molecule has 0 bridgehead atoms. The van der Waals surface area contributed by atoms with E-state index in [-0.39, 0.29) is 0 Å². The Morgan fingerprint density at radius 1 is 1.31 bits per heavy atom. The highest BCUT2D eigenvalue weighted by Gasteiger charge is 2.18. The third kappa shape index (κ3) is 1.65. The van der Waals surface area contributed by atoms with E-state index < -0.39 is 0 Å². The summed E-state index contributed by atoms with van der Waals surface area (Å²) in [6.07, 6.45) is 0. The van der Waals surface area contributed by atoms with Crippen LogP contribution in [0.15, 0.2) is 22.6 Å². The Morgan fingerprint density at radius 3 is 2.88 bits per heavy atom. The van der Waals surface area contributed by atoms with Crippen LogP contribution in [0, 0.1) is 6.07 Å². The van der Waals surface area contributed by atoms with Crippen LogP contribution in [0.2, 0.25) is 0 Å². The molecule has 4 heteroatoms. The Bertz CT molecular complexity index is 453. The Hall–Kier alpha value is -1.55. The van der Waals surface area contributed by atoms with Gasteiger partial charge in [0.15, 0.2) is 5.58 Å². The lowest BCUT2D eigenvalue weighted by Crippen LogP contribution is -2.44. The number of rotatable bonds is 1. The first-order valence-corrected chi connectivity index (χ1v) is 5.53. The average Bonchev–Trinajstić information content (AvgIpc) is 2.73. The van der Waals surface area contributed by atoms with Crippen molar-refractivity contribution in [2.45, 2.75) is 0 Å². The maximum atomic E-state index is 5.72. The van der Waals surface area contributed by atoms with Crippen molar-refractivity contribution in [1.29, 1.82) is 0 Å². The first-order chi connectivity index (χ1) is 7.83. The number of hydrogen-bond donors (Lipinski definition) is 0. The molecular formula is C12H14N3O. The minimum atomic E-state index is 0.739. The summed E-state index contributed by atoms with van der Waals surface area (Å²) < 4.78 is 5.72.